The first kappa shape index (κ1) is 16.6. The van der Waals surface area contributed by atoms with E-state index in [4.69, 9.17) is 11.2 Å². The molecule has 6 atom stereocenters. The first-order chi connectivity index (χ1) is 10.4. The maximum Gasteiger partial charge on any atom is 0.220 e. The molecule has 1 saturated heterocycles. The predicted octanol–water partition coefficient (Wildman–Crippen LogP) is -0.737. The number of unbranched alkanes of at least 4 members (excludes halogenated alkanes) is 3. The highest BCUT2D eigenvalue weighted by atomic mass is 16.6. The summed E-state index contributed by atoms with van der Waals surface area (Å²) < 4.78 is 12.7. The minimum Gasteiger partial charge on any atom is -0.394 e. The number of carbonyl (C=O) groups excluding carboxylic acids is 1. The van der Waals surface area contributed by atoms with Gasteiger partial charge in [0, 0.05) is 7.77 Å². The minimum atomic E-state index is -1.55. The zero-order chi connectivity index (χ0) is 16.7. The van der Waals surface area contributed by atoms with E-state index in [1.165, 1.54) is 0 Å². The van der Waals surface area contributed by atoms with Crippen molar-refractivity contribution in [1.29, 1.82) is 0 Å². The topological polar surface area (TPSA) is 119 Å². The van der Waals surface area contributed by atoms with E-state index in [0.717, 1.165) is 25.7 Å². The molecule has 1 aliphatic heterocycles. The van der Waals surface area contributed by atoms with Crippen molar-refractivity contribution in [2.24, 2.45) is 0 Å². The van der Waals surface area contributed by atoms with Crippen LogP contribution in [0.4, 0.5) is 0 Å². The summed E-state index contributed by atoms with van der Waals surface area (Å²) in [5.41, 5.74) is 0. The second kappa shape index (κ2) is 9.32. The Hall–Kier alpha value is -0.730. The summed E-state index contributed by atoms with van der Waals surface area (Å²) in [6.07, 6.45) is -2.33. The number of hydrogen-bond donors (Lipinski definition) is 5. The van der Waals surface area contributed by atoms with E-state index in [1.54, 1.807) is 0 Å². The van der Waals surface area contributed by atoms with Crippen LogP contribution >= 0.6 is 0 Å². The number of hydrogen-bond acceptors (Lipinski definition) is 6. The standard InChI is InChI=1S/C14H27NO6/c1-2-3-4-5-6-7-10(17)15-11-13(19)12(18)9(8-16)21-14(11)20/h9,11-14,16,18-20H,2-8H2,1H3,(H,15,17)/t9-,11-,12-,13-,14?/m1/s1/i7D/t7?,9-,11-,12-,13-,14?. The lowest BCUT2D eigenvalue weighted by Gasteiger charge is -2.40. The van der Waals surface area contributed by atoms with E-state index in [1.807, 2.05) is 0 Å². The summed E-state index contributed by atoms with van der Waals surface area (Å²) in [6.45, 7) is 1.51. The van der Waals surface area contributed by atoms with Gasteiger partial charge in [0.1, 0.15) is 24.4 Å². The molecule has 0 aromatic carbocycles. The minimum absolute atomic E-state index is 0.396. The molecular weight excluding hydrogens is 278 g/mol. The molecule has 1 amide bonds. The molecule has 1 aliphatic rings. The van der Waals surface area contributed by atoms with Gasteiger partial charge in [-0.2, -0.15) is 0 Å². The molecule has 124 valence electrons. The molecule has 1 fully saturated rings. The van der Waals surface area contributed by atoms with Gasteiger partial charge in [0.2, 0.25) is 5.91 Å². The Labute approximate surface area is 126 Å². The smallest absolute Gasteiger partial charge is 0.220 e. The largest absolute Gasteiger partial charge is 0.394 e. The number of carbonyl (C=O) groups is 1. The lowest BCUT2D eigenvalue weighted by atomic mass is 9.97. The Bertz CT molecular complexity index is 345. The van der Waals surface area contributed by atoms with Crippen LogP contribution in [0.2, 0.25) is 0 Å². The van der Waals surface area contributed by atoms with Crippen molar-refractivity contribution < 1.29 is 31.3 Å². The van der Waals surface area contributed by atoms with Gasteiger partial charge in [0.25, 0.3) is 0 Å². The van der Waals surface area contributed by atoms with Crippen LogP contribution < -0.4 is 5.32 Å². The zero-order valence-electron chi connectivity index (χ0n) is 13.3. The van der Waals surface area contributed by atoms with Gasteiger partial charge in [-0.05, 0) is 6.42 Å². The van der Waals surface area contributed by atoms with Crippen molar-refractivity contribution in [2.45, 2.75) is 76.1 Å². The zero-order valence-corrected chi connectivity index (χ0v) is 12.3. The third-order valence-corrected chi connectivity index (χ3v) is 3.60. The molecule has 0 saturated carbocycles. The molecule has 1 heterocycles. The van der Waals surface area contributed by atoms with Crippen LogP contribution in [0.1, 0.15) is 46.8 Å². The molecule has 0 aromatic rings. The van der Waals surface area contributed by atoms with Crippen molar-refractivity contribution in [1.82, 2.24) is 5.32 Å². The second-order valence-corrected chi connectivity index (χ2v) is 5.32. The molecule has 7 heteroatoms. The summed E-state index contributed by atoms with van der Waals surface area (Å²) in [5.74, 6) is -0.627. The Morgan fingerprint density at radius 1 is 1.19 bits per heavy atom. The Balaban J connectivity index is 2.48. The predicted molar refractivity (Wildman–Crippen MR) is 75.3 cm³/mol. The molecule has 0 spiro atoms. The van der Waals surface area contributed by atoms with Crippen LogP contribution in [0.3, 0.4) is 0 Å². The summed E-state index contributed by atoms with van der Waals surface area (Å²) in [7, 11) is 0. The second-order valence-electron chi connectivity index (χ2n) is 5.32. The molecule has 0 radical (unpaired) electrons. The molecule has 0 aliphatic carbocycles. The SMILES string of the molecule is [2H]C(CCCCCC)C(=O)N[C@H]1C(O)O[C@H](CO)[C@@H](O)[C@@H]1O. The Morgan fingerprint density at radius 2 is 1.86 bits per heavy atom. The van der Waals surface area contributed by atoms with Gasteiger partial charge in [-0.3, -0.25) is 4.79 Å². The maximum atomic E-state index is 11.9. The van der Waals surface area contributed by atoms with E-state index < -0.39 is 49.6 Å². The van der Waals surface area contributed by atoms with E-state index in [9.17, 15) is 20.1 Å². The highest BCUT2D eigenvalue weighted by Gasteiger charge is 2.44. The van der Waals surface area contributed by atoms with Crippen molar-refractivity contribution in [2.75, 3.05) is 6.61 Å². The van der Waals surface area contributed by atoms with Crippen LogP contribution in [0, 0.1) is 0 Å². The molecular formula is C14H27NO6. The number of rotatable bonds is 8. The van der Waals surface area contributed by atoms with Gasteiger partial charge in [-0.15, -0.1) is 0 Å². The van der Waals surface area contributed by atoms with Crippen molar-refractivity contribution >= 4 is 5.91 Å². The van der Waals surface area contributed by atoms with Crippen LogP contribution in [-0.4, -0.2) is 63.6 Å². The van der Waals surface area contributed by atoms with Crippen LogP contribution in [-0.2, 0) is 9.53 Å². The van der Waals surface area contributed by atoms with E-state index in [2.05, 4.69) is 12.2 Å². The molecule has 5 N–H and O–H groups in total. The summed E-state index contributed by atoms with van der Waals surface area (Å²) in [4.78, 5) is 11.9. The normalized spacial score (nSPS) is 35.1. The first-order valence-corrected chi connectivity index (χ1v) is 7.45. The van der Waals surface area contributed by atoms with Gasteiger partial charge < -0.3 is 30.5 Å². The third-order valence-electron chi connectivity index (χ3n) is 3.60. The number of nitrogens with one attached hydrogen (secondary N) is 1. The number of amides is 1. The van der Waals surface area contributed by atoms with E-state index in [-0.39, 0.29) is 0 Å². The lowest BCUT2D eigenvalue weighted by molar-refractivity contribution is -0.253. The van der Waals surface area contributed by atoms with Crippen LogP contribution in [0.5, 0.6) is 0 Å². The van der Waals surface area contributed by atoms with Crippen molar-refractivity contribution in [3.05, 3.63) is 0 Å². The summed E-state index contributed by atoms with van der Waals surface area (Å²) in [6, 6.07) is -1.23. The maximum absolute atomic E-state index is 11.9. The average Bonchev–Trinajstić information content (AvgIpc) is 2.51. The quantitative estimate of drug-likeness (QED) is 0.377. The van der Waals surface area contributed by atoms with Gasteiger partial charge in [0.05, 0.1) is 6.61 Å². The number of aliphatic hydroxyl groups is 4. The molecule has 7 nitrogen and oxygen atoms in total. The number of ether oxygens (including phenoxy) is 1. The summed E-state index contributed by atoms with van der Waals surface area (Å²) in [5, 5.41) is 40.7. The van der Waals surface area contributed by atoms with Crippen LogP contribution in [0.25, 0.3) is 0 Å². The van der Waals surface area contributed by atoms with Gasteiger partial charge in [-0.25, -0.2) is 0 Å². The first-order valence-electron chi connectivity index (χ1n) is 8.03. The number of aliphatic hydroxyl groups excluding tert-OH is 4. The van der Waals surface area contributed by atoms with Gasteiger partial charge in [-0.1, -0.05) is 32.6 Å². The van der Waals surface area contributed by atoms with E-state index in [0.29, 0.717) is 6.42 Å². The fourth-order valence-corrected chi connectivity index (χ4v) is 2.28. The Kier molecular flexibility index (Phi) is 7.38. The average molecular weight is 306 g/mol. The highest BCUT2D eigenvalue weighted by Crippen LogP contribution is 2.20. The Morgan fingerprint density at radius 3 is 2.48 bits per heavy atom. The lowest BCUT2D eigenvalue weighted by Crippen LogP contribution is -2.64. The monoisotopic (exact) mass is 306 g/mol. The van der Waals surface area contributed by atoms with Gasteiger partial charge in [0.15, 0.2) is 6.29 Å². The van der Waals surface area contributed by atoms with Crippen molar-refractivity contribution in [3.63, 3.8) is 0 Å². The fraction of sp³-hybridized carbons (Fsp3) is 0.929. The molecule has 21 heavy (non-hydrogen) atoms. The fourth-order valence-electron chi connectivity index (χ4n) is 2.28. The molecule has 1 rings (SSSR count). The van der Waals surface area contributed by atoms with Crippen LogP contribution in [0.15, 0.2) is 0 Å². The van der Waals surface area contributed by atoms with Crippen molar-refractivity contribution in [3.8, 4) is 0 Å². The molecule has 0 bridgehead atoms. The third kappa shape index (κ3) is 5.52. The summed E-state index contributed by atoms with van der Waals surface area (Å²) >= 11 is 0. The molecule has 0 aromatic heterocycles. The molecule has 2 unspecified atom stereocenters. The van der Waals surface area contributed by atoms with Gasteiger partial charge >= 0.3 is 0 Å². The van der Waals surface area contributed by atoms with E-state index >= 15 is 0 Å². The highest BCUT2D eigenvalue weighted by molar-refractivity contribution is 5.76.